The number of aliphatic hydroxyl groups excluding tert-OH is 1. The SMILES string of the molecule is CC(C)c1ccc(CN2CCN(c3ccc(F)cc3)CC2)c(=O)c(NCCO)c1. The Bertz CT molecular complexity index is 863. The molecule has 3 rings (SSSR count). The van der Waals surface area contributed by atoms with Gasteiger partial charge in [0, 0.05) is 50.5 Å². The predicted molar refractivity (Wildman–Crippen MR) is 116 cm³/mol. The van der Waals surface area contributed by atoms with Crippen molar-refractivity contribution in [1.82, 2.24) is 4.90 Å². The summed E-state index contributed by atoms with van der Waals surface area (Å²) in [6, 6.07) is 12.5. The second-order valence-corrected chi connectivity index (χ2v) is 7.79. The van der Waals surface area contributed by atoms with E-state index in [9.17, 15) is 9.18 Å². The number of aliphatic hydroxyl groups is 1. The lowest BCUT2D eigenvalue weighted by molar-refractivity contribution is 0.249. The van der Waals surface area contributed by atoms with Crippen LogP contribution in [-0.4, -0.2) is 49.3 Å². The van der Waals surface area contributed by atoms with Gasteiger partial charge in [0.2, 0.25) is 5.43 Å². The lowest BCUT2D eigenvalue weighted by atomic mass is 10.1. The smallest absolute Gasteiger partial charge is 0.206 e. The van der Waals surface area contributed by atoms with Crippen LogP contribution in [0.3, 0.4) is 0 Å². The summed E-state index contributed by atoms with van der Waals surface area (Å²) in [5.74, 6) is 0.0854. The molecule has 0 aliphatic carbocycles. The summed E-state index contributed by atoms with van der Waals surface area (Å²) in [7, 11) is 0. The molecule has 1 fully saturated rings. The Hall–Kier alpha value is -2.44. The van der Waals surface area contributed by atoms with Gasteiger partial charge < -0.3 is 15.3 Å². The van der Waals surface area contributed by atoms with Crippen LogP contribution in [0.1, 0.15) is 30.9 Å². The molecule has 29 heavy (non-hydrogen) atoms. The van der Waals surface area contributed by atoms with Crippen molar-refractivity contribution in [2.45, 2.75) is 26.3 Å². The van der Waals surface area contributed by atoms with Crippen LogP contribution in [0.4, 0.5) is 15.8 Å². The predicted octanol–water partition coefficient (Wildman–Crippen LogP) is 3.04. The molecule has 1 aliphatic rings. The summed E-state index contributed by atoms with van der Waals surface area (Å²) in [6.07, 6.45) is 0. The van der Waals surface area contributed by atoms with Gasteiger partial charge in [-0.2, -0.15) is 0 Å². The molecule has 1 saturated heterocycles. The molecule has 5 nitrogen and oxygen atoms in total. The molecule has 1 aliphatic heterocycles. The van der Waals surface area contributed by atoms with Gasteiger partial charge in [-0.3, -0.25) is 9.69 Å². The number of rotatable bonds is 7. The summed E-state index contributed by atoms with van der Waals surface area (Å²) >= 11 is 0. The van der Waals surface area contributed by atoms with Gasteiger partial charge >= 0.3 is 0 Å². The van der Waals surface area contributed by atoms with Crippen molar-refractivity contribution in [3.63, 3.8) is 0 Å². The average molecular weight is 400 g/mol. The maximum Gasteiger partial charge on any atom is 0.206 e. The highest BCUT2D eigenvalue weighted by Crippen LogP contribution is 2.19. The number of halogens is 1. The van der Waals surface area contributed by atoms with E-state index in [0.29, 0.717) is 24.7 Å². The Balaban J connectivity index is 1.72. The molecule has 0 saturated carbocycles. The van der Waals surface area contributed by atoms with E-state index in [1.165, 1.54) is 12.1 Å². The van der Waals surface area contributed by atoms with Crippen LogP contribution >= 0.6 is 0 Å². The monoisotopic (exact) mass is 399 g/mol. The number of hydrogen-bond acceptors (Lipinski definition) is 5. The molecule has 2 aromatic rings. The summed E-state index contributed by atoms with van der Waals surface area (Å²) in [4.78, 5) is 17.5. The van der Waals surface area contributed by atoms with Crippen molar-refractivity contribution in [1.29, 1.82) is 0 Å². The zero-order chi connectivity index (χ0) is 20.8. The van der Waals surface area contributed by atoms with Crippen LogP contribution in [0.5, 0.6) is 0 Å². The molecule has 0 amide bonds. The highest BCUT2D eigenvalue weighted by molar-refractivity contribution is 5.48. The topological polar surface area (TPSA) is 55.8 Å². The highest BCUT2D eigenvalue weighted by atomic mass is 19.1. The molecule has 0 atom stereocenters. The van der Waals surface area contributed by atoms with Gasteiger partial charge in [0.25, 0.3) is 0 Å². The summed E-state index contributed by atoms with van der Waals surface area (Å²) in [5, 5.41) is 12.2. The maximum atomic E-state index is 13.1. The number of nitrogens with zero attached hydrogens (tertiary/aromatic N) is 2. The van der Waals surface area contributed by atoms with Crippen LogP contribution in [0, 0.1) is 5.82 Å². The number of benzene rings is 1. The fourth-order valence-electron chi connectivity index (χ4n) is 3.59. The zero-order valence-corrected chi connectivity index (χ0v) is 17.2. The van der Waals surface area contributed by atoms with Gasteiger partial charge in [0.05, 0.1) is 12.3 Å². The normalized spacial score (nSPS) is 15.0. The molecule has 1 heterocycles. The van der Waals surface area contributed by atoms with Crippen molar-refractivity contribution < 1.29 is 9.50 Å². The van der Waals surface area contributed by atoms with Crippen LogP contribution in [0.15, 0.2) is 47.3 Å². The molecule has 2 aromatic carbocycles. The fraction of sp³-hybridized carbons (Fsp3) is 0.435. The third kappa shape index (κ3) is 5.55. The first-order chi connectivity index (χ1) is 14.0. The van der Waals surface area contributed by atoms with Gasteiger partial charge in [0.15, 0.2) is 0 Å². The molecule has 0 radical (unpaired) electrons. The Morgan fingerprint density at radius 2 is 1.76 bits per heavy atom. The average Bonchev–Trinajstić information content (AvgIpc) is 2.87. The minimum atomic E-state index is -0.223. The Labute approximate surface area is 171 Å². The van der Waals surface area contributed by atoms with Crippen LogP contribution in [-0.2, 0) is 6.54 Å². The van der Waals surface area contributed by atoms with Gasteiger partial charge in [-0.25, -0.2) is 4.39 Å². The fourth-order valence-corrected chi connectivity index (χ4v) is 3.59. The number of hydrogen-bond donors (Lipinski definition) is 2. The van der Waals surface area contributed by atoms with Gasteiger partial charge in [0.1, 0.15) is 5.82 Å². The van der Waals surface area contributed by atoms with Gasteiger partial charge in [-0.1, -0.05) is 26.0 Å². The Kier molecular flexibility index (Phi) is 7.23. The van der Waals surface area contributed by atoms with E-state index in [1.54, 1.807) is 0 Å². The third-order valence-electron chi connectivity index (χ3n) is 5.38. The van der Waals surface area contributed by atoms with Crippen molar-refractivity contribution >= 4 is 11.4 Å². The summed E-state index contributed by atoms with van der Waals surface area (Å²) < 4.78 is 13.1. The molecule has 156 valence electrons. The van der Waals surface area contributed by atoms with Crippen LogP contribution < -0.4 is 15.6 Å². The number of nitrogens with one attached hydrogen (secondary N) is 1. The Morgan fingerprint density at radius 1 is 1.07 bits per heavy atom. The van der Waals surface area contributed by atoms with Gasteiger partial charge in [-0.15, -0.1) is 0 Å². The quantitative estimate of drug-likeness (QED) is 0.750. The van der Waals surface area contributed by atoms with E-state index in [0.717, 1.165) is 43.0 Å². The number of piperazine rings is 1. The lowest BCUT2D eigenvalue weighted by Gasteiger charge is -2.36. The number of anilines is 2. The van der Waals surface area contributed by atoms with E-state index >= 15 is 0 Å². The van der Waals surface area contributed by atoms with Crippen LogP contribution in [0.2, 0.25) is 0 Å². The summed E-state index contributed by atoms with van der Waals surface area (Å²) in [6.45, 7) is 8.49. The largest absolute Gasteiger partial charge is 0.395 e. The molecule has 6 heteroatoms. The molecule has 0 spiro atoms. The molecular weight excluding hydrogens is 369 g/mol. The molecule has 0 unspecified atom stereocenters. The first-order valence-electron chi connectivity index (χ1n) is 10.2. The van der Waals surface area contributed by atoms with Crippen molar-refractivity contribution in [3.05, 3.63) is 69.6 Å². The maximum absolute atomic E-state index is 13.1. The van der Waals surface area contributed by atoms with E-state index in [-0.39, 0.29) is 17.9 Å². The van der Waals surface area contributed by atoms with Crippen molar-refractivity contribution in [2.24, 2.45) is 0 Å². The van der Waals surface area contributed by atoms with Crippen LogP contribution in [0.25, 0.3) is 0 Å². The van der Waals surface area contributed by atoms with E-state index < -0.39 is 0 Å². The van der Waals surface area contributed by atoms with Gasteiger partial charge in [-0.05, 0) is 41.8 Å². The summed E-state index contributed by atoms with van der Waals surface area (Å²) in [5.41, 5.74) is 3.42. The van der Waals surface area contributed by atoms with Crippen molar-refractivity contribution in [3.8, 4) is 0 Å². The molecule has 0 aromatic heterocycles. The first-order valence-corrected chi connectivity index (χ1v) is 10.2. The highest BCUT2D eigenvalue weighted by Gasteiger charge is 2.19. The van der Waals surface area contributed by atoms with E-state index in [1.807, 2.05) is 30.3 Å². The molecule has 0 bridgehead atoms. The second-order valence-electron chi connectivity index (χ2n) is 7.79. The van der Waals surface area contributed by atoms with E-state index in [4.69, 9.17) is 5.11 Å². The minimum absolute atomic E-state index is 0.00804. The van der Waals surface area contributed by atoms with E-state index in [2.05, 4.69) is 29.0 Å². The Morgan fingerprint density at radius 3 is 2.38 bits per heavy atom. The molecular formula is C23H30FN3O2. The van der Waals surface area contributed by atoms with Crippen molar-refractivity contribution in [2.75, 3.05) is 49.5 Å². The minimum Gasteiger partial charge on any atom is -0.395 e. The second kappa shape index (κ2) is 9.85. The third-order valence-corrected chi connectivity index (χ3v) is 5.38. The first kappa shape index (κ1) is 21.3. The zero-order valence-electron chi connectivity index (χ0n) is 17.2. The standard InChI is InChI=1S/C23H30FN3O2/c1-17(2)18-3-4-19(23(29)22(15-18)25-9-14-28)16-26-10-12-27(13-11-26)21-7-5-20(24)6-8-21/h3-8,15,17,28H,9-14,16H2,1-2H3,(H,25,29). The molecule has 2 N–H and O–H groups in total. The lowest BCUT2D eigenvalue weighted by Crippen LogP contribution is -2.46.